The minimum absolute atomic E-state index is 0.102. The minimum Gasteiger partial charge on any atom is -0.357 e. The Morgan fingerprint density at radius 3 is 2.65 bits per heavy atom. The molecule has 1 aromatic carbocycles. The summed E-state index contributed by atoms with van der Waals surface area (Å²) in [4.78, 5) is 19.1. The predicted octanol–water partition coefficient (Wildman–Crippen LogP) is 3.88. The third-order valence-electron chi connectivity index (χ3n) is 4.39. The average Bonchev–Trinajstić information content (AvgIpc) is 2.56. The summed E-state index contributed by atoms with van der Waals surface area (Å²) < 4.78 is 0. The van der Waals surface area contributed by atoms with Crippen molar-refractivity contribution in [3.63, 3.8) is 0 Å². The normalized spacial score (nSPS) is 15.5. The van der Waals surface area contributed by atoms with Gasteiger partial charge in [0.15, 0.2) is 0 Å². The van der Waals surface area contributed by atoms with Crippen LogP contribution in [-0.4, -0.2) is 24.0 Å². The largest absolute Gasteiger partial charge is 0.357 e. The molecule has 1 N–H and O–H groups in total. The van der Waals surface area contributed by atoms with Gasteiger partial charge in [-0.1, -0.05) is 24.6 Å². The number of pyridine rings is 1. The fraction of sp³-hybridized carbons (Fsp3) is 0.368. The number of carbonyl (C=O) groups excluding carboxylic acids is 1. The molecule has 0 saturated carbocycles. The van der Waals surface area contributed by atoms with Crippen molar-refractivity contribution in [3.8, 4) is 0 Å². The van der Waals surface area contributed by atoms with Crippen molar-refractivity contribution < 1.29 is 4.79 Å². The van der Waals surface area contributed by atoms with E-state index in [0.717, 1.165) is 36.1 Å². The molecule has 23 heavy (non-hydrogen) atoms. The first-order valence-corrected chi connectivity index (χ1v) is 8.21. The van der Waals surface area contributed by atoms with Crippen molar-refractivity contribution in [2.45, 2.75) is 26.7 Å². The van der Waals surface area contributed by atoms with E-state index >= 15 is 0 Å². The molecule has 4 nitrogen and oxygen atoms in total. The van der Waals surface area contributed by atoms with Crippen molar-refractivity contribution in [2.75, 3.05) is 23.3 Å². The molecule has 1 aliphatic rings. The molecule has 1 aliphatic heterocycles. The Morgan fingerprint density at radius 1 is 1.22 bits per heavy atom. The Balaban J connectivity index is 1.64. The molecule has 0 aliphatic carbocycles. The van der Waals surface area contributed by atoms with Gasteiger partial charge >= 0.3 is 0 Å². The number of hydrogen-bond acceptors (Lipinski definition) is 3. The van der Waals surface area contributed by atoms with Crippen LogP contribution in [0.1, 0.15) is 35.7 Å². The van der Waals surface area contributed by atoms with E-state index in [1.165, 1.54) is 12.8 Å². The summed E-state index contributed by atoms with van der Waals surface area (Å²) in [5, 5.41) is 2.90. The van der Waals surface area contributed by atoms with Crippen molar-refractivity contribution in [1.82, 2.24) is 4.98 Å². The number of nitrogens with one attached hydrogen (secondary N) is 1. The van der Waals surface area contributed by atoms with E-state index < -0.39 is 0 Å². The molecular formula is C19H23N3O. The number of anilines is 2. The zero-order valence-corrected chi connectivity index (χ0v) is 13.7. The molecule has 1 saturated heterocycles. The maximum atomic E-state index is 12.2. The van der Waals surface area contributed by atoms with Crippen LogP contribution >= 0.6 is 0 Å². The quantitative estimate of drug-likeness (QED) is 0.936. The van der Waals surface area contributed by atoms with Gasteiger partial charge in [-0.2, -0.15) is 0 Å². The van der Waals surface area contributed by atoms with Gasteiger partial charge in [-0.05, 0) is 49.9 Å². The zero-order chi connectivity index (χ0) is 16.2. The predicted molar refractivity (Wildman–Crippen MR) is 94.0 cm³/mol. The van der Waals surface area contributed by atoms with Gasteiger partial charge in [0.05, 0.1) is 11.9 Å². The first kappa shape index (κ1) is 15.5. The molecule has 0 unspecified atom stereocenters. The van der Waals surface area contributed by atoms with E-state index in [9.17, 15) is 4.79 Å². The summed E-state index contributed by atoms with van der Waals surface area (Å²) in [5.41, 5.74) is 2.47. The highest BCUT2D eigenvalue weighted by atomic mass is 16.1. The van der Waals surface area contributed by atoms with Crippen LogP contribution in [0.2, 0.25) is 0 Å². The lowest BCUT2D eigenvalue weighted by atomic mass is 9.99. The molecule has 1 amide bonds. The second-order valence-corrected chi connectivity index (χ2v) is 6.40. The standard InChI is InChI=1S/C19H23N3O/c1-14-8-10-22(11-9-14)18-7-6-17(13-20-18)21-19(23)16-5-3-4-15(2)12-16/h3-7,12-14H,8-11H2,1-2H3,(H,21,23). The van der Waals surface area contributed by atoms with Crippen LogP contribution in [-0.2, 0) is 0 Å². The number of aromatic nitrogens is 1. The number of aryl methyl sites for hydroxylation is 1. The Morgan fingerprint density at radius 2 is 2.00 bits per heavy atom. The van der Waals surface area contributed by atoms with E-state index in [1.54, 1.807) is 6.20 Å². The Hall–Kier alpha value is -2.36. The molecule has 4 heteroatoms. The molecule has 0 atom stereocenters. The number of benzene rings is 1. The van der Waals surface area contributed by atoms with E-state index in [4.69, 9.17) is 0 Å². The minimum atomic E-state index is -0.102. The van der Waals surface area contributed by atoms with E-state index in [2.05, 4.69) is 22.1 Å². The SMILES string of the molecule is Cc1cccc(C(=O)Nc2ccc(N3CCC(C)CC3)nc2)c1. The highest BCUT2D eigenvalue weighted by Gasteiger charge is 2.16. The molecule has 1 aromatic heterocycles. The van der Waals surface area contributed by atoms with Gasteiger partial charge in [0.1, 0.15) is 5.82 Å². The van der Waals surface area contributed by atoms with E-state index in [0.29, 0.717) is 5.56 Å². The highest BCUT2D eigenvalue weighted by Crippen LogP contribution is 2.22. The molecule has 120 valence electrons. The lowest BCUT2D eigenvalue weighted by molar-refractivity contribution is 0.102. The molecular weight excluding hydrogens is 286 g/mol. The molecule has 3 rings (SSSR count). The first-order valence-electron chi connectivity index (χ1n) is 8.21. The third kappa shape index (κ3) is 3.89. The van der Waals surface area contributed by atoms with Crippen LogP contribution in [0.3, 0.4) is 0 Å². The molecule has 2 aromatic rings. The van der Waals surface area contributed by atoms with Crippen LogP contribution < -0.4 is 10.2 Å². The number of hydrogen-bond donors (Lipinski definition) is 1. The lowest BCUT2D eigenvalue weighted by Gasteiger charge is -2.31. The fourth-order valence-electron chi connectivity index (χ4n) is 2.87. The second-order valence-electron chi connectivity index (χ2n) is 6.40. The van der Waals surface area contributed by atoms with Crippen LogP contribution in [0, 0.1) is 12.8 Å². The number of amides is 1. The molecule has 0 spiro atoms. The van der Waals surface area contributed by atoms with E-state index in [1.807, 2.05) is 43.3 Å². The summed E-state index contributed by atoms with van der Waals surface area (Å²) in [6, 6.07) is 11.5. The lowest BCUT2D eigenvalue weighted by Crippen LogP contribution is -2.33. The summed E-state index contributed by atoms with van der Waals surface area (Å²) in [5.74, 6) is 1.69. The van der Waals surface area contributed by atoms with Crippen LogP contribution in [0.5, 0.6) is 0 Å². The maximum absolute atomic E-state index is 12.2. The first-order chi connectivity index (χ1) is 11.1. The van der Waals surface area contributed by atoms with Crippen molar-refractivity contribution in [2.24, 2.45) is 5.92 Å². The number of carbonyl (C=O) groups is 1. The summed E-state index contributed by atoms with van der Waals surface area (Å²) in [7, 11) is 0. The van der Waals surface area contributed by atoms with Crippen molar-refractivity contribution in [1.29, 1.82) is 0 Å². The summed E-state index contributed by atoms with van der Waals surface area (Å²) in [6.45, 7) is 6.40. The van der Waals surface area contributed by atoms with Gasteiger partial charge in [-0.15, -0.1) is 0 Å². The van der Waals surface area contributed by atoms with Gasteiger partial charge in [0, 0.05) is 18.7 Å². The number of nitrogens with zero attached hydrogens (tertiary/aromatic N) is 2. The Labute approximate surface area is 137 Å². The molecule has 0 radical (unpaired) electrons. The van der Waals surface area contributed by atoms with Crippen LogP contribution in [0.4, 0.5) is 11.5 Å². The van der Waals surface area contributed by atoms with E-state index in [-0.39, 0.29) is 5.91 Å². The Kier molecular flexibility index (Phi) is 4.60. The van der Waals surface area contributed by atoms with Crippen LogP contribution in [0.25, 0.3) is 0 Å². The smallest absolute Gasteiger partial charge is 0.255 e. The third-order valence-corrected chi connectivity index (χ3v) is 4.39. The van der Waals surface area contributed by atoms with Crippen molar-refractivity contribution >= 4 is 17.4 Å². The molecule has 2 heterocycles. The number of piperidine rings is 1. The van der Waals surface area contributed by atoms with Gasteiger partial charge in [-0.3, -0.25) is 4.79 Å². The van der Waals surface area contributed by atoms with Gasteiger partial charge in [0.25, 0.3) is 5.91 Å². The molecule has 1 fully saturated rings. The maximum Gasteiger partial charge on any atom is 0.255 e. The van der Waals surface area contributed by atoms with Gasteiger partial charge in [-0.25, -0.2) is 4.98 Å². The van der Waals surface area contributed by atoms with Crippen molar-refractivity contribution in [3.05, 3.63) is 53.7 Å². The van der Waals surface area contributed by atoms with Gasteiger partial charge in [0.2, 0.25) is 0 Å². The summed E-state index contributed by atoms with van der Waals surface area (Å²) in [6.07, 6.45) is 4.17. The fourth-order valence-corrected chi connectivity index (χ4v) is 2.87. The Bertz CT molecular complexity index is 673. The zero-order valence-electron chi connectivity index (χ0n) is 13.7. The average molecular weight is 309 g/mol. The number of rotatable bonds is 3. The highest BCUT2D eigenvalue weighted by molar-refractivity contribution is 6.04. The molecule has 0 bridgehead atoms. The second kappa shape index (κ2) is 6.82. The van der Waals surface area contributed by atoms with Gasteiger partial charge < -0.3 is 10.2 Å². The topological polar surface area (TPSA) is 45.2 Å². The monoisotopic (exact) mass is 309 g/mol. The summed E-state index contributed by atoms with van der Waals surface area (Å²) >= 11 is 0. The van der Waals surface area contributed by atoms with Crippen LogP contribution in [0.15, 0.2) is 42.6 Å².